The van der Waals surface area contributed by atoms with E-state index in [4.69, 9.17) is 9.15 Å². The van der Waals surface area contributed by atoms with E-state index < -0.39 is 11.9 Å². The lowest BCUT2D eigenvalue weighted by Crippen LogP contribution is -2.19. The maximum atomic E-state index is 13.5. The van der Waals surface area contributed by atoms with Gasteiger partial charge < -0.3 is 9.15 Å². The summed E-state index contributed by atoms with van der Waals surface area (Å²) in [7, 11) is 1.32. The first kappa shape index (κ1) is 26.6. The SMILES string of the molecule is COC(=O)c1cccc(-c2ccc(C(c3c(-c4ccc(C)cc4)[nH][nH]c3=O)c3c(-c4ccc(C)cc4)[nH][nH]c3=O)o2)c1. The van der Waals surface area contributed by atoms with Crippen molar-refractivity contribution in [2.75, 3.05) is 7.11 Å². The number of hydrogen-bond acceptors (Lipinski definition) is 5. The fourth-order valence-corrected chi connectivity index (χ4v) is 5.19. The van der Waals surface area contributed by atoms with Crippen LogP contribution in [0.2, 0.25) is 0 Å². The molecule has 210 valence electrons. The monoisotopic (exact) mass is 560 g/mol. The summed E-state index contributed by atoms with van der Waals surface area (Å²) in [4.78, 5) is 39.2. The van der Waals surface area contributed by atoms with Gasteiger partial charge in [0, 0.05) is 5.56 Å². The van der Waals surface area contributed by atoms with E-state index in [9.17, 15) is 14.4 Å². The van der Waals surface area contributed by atoms with Crippen LogP contribution in [0.15, 0.2) is 98.9 Å². The molecule has 9 nitrogen and oxygen atoms in total. The Labute approximate surface area is 240 Å². The van der Waals surface area contributed by atoms with E-state index in [-0.39, 0.29) is 11.1 Å². The summed E-state index contributed by atoms with van der Waals surface area (Å²) in [6.07, 6.45) is 0. The van der Waals surface area contributed by atoms with Gasteiger partial charge in [0.1, 0.15) is 11.5 Å². The van der Waals surface area contributed by atoms with E-state index in [1.54, 1.807) is 30.3 Å². The van der Waals surface area contributed by atoms with Gasteiger partial charge in [-0.05, 0) is 49.2 Å². The fourth-order valence-electron chi connectivity index (χ4n) is 5.19. The number of methoxy groups -OCH3 is 1. The Bertz CT molecular complexity index is 1900. The molecule has 0 aliphatic rings. The molecule has 6 rings (SSSR count). The van der Waals surface area contributed by atoms with Crippen molar-refractivity contribution >= 4 is 5.97 Å². The topological polar surface area (TPSA) is 137 Å². The Kier molecular flexibility index (Phi) is 6.84. The molecule has 0 amide bonds. The van der Waals surface area contributed by atoms with E-state index in [0.717, 1.165) is 22.3 Å². The minimum atomic E-state index is -0.889. The number of benzene rings is 3. The molecule has 6 aromatic rings. The number of furan rings is 1. The van der Waals surface area contributed by atoms with Crippen molar-refractivity contribution in [3.63, 3.8) is 0 Å². The number of nitrogens with one attached hydrogen (secondary N) is 4. The van der Waals surface area contributed by atoms with E-state index in [1.165, 1.54) is 7.11 Å². The third-order valence-electron chi connectivity index (χ3n) is 7.37. The van der Waals surface area contributed by atoms with Crippen molar-refractivity contribution in [2.24, 2.45) is 0 Å². The predicted octanol–water partition coefficient (Wildman–Crippen LogP) is 5.90. The quantitative estimate of drug-likeness (QED) is 0.180. The minimum absolute atomic E-state index is 0.335. The van der Waals surface area contributed by atoms with Crippen molar-refractivity contribution in [3.05, 3.63) is 139 Å². The molecule has 0 aliphatic carbocycles. The molecule has 0 fully saturated rings. The summed E-state index contributed by atoms with van der Waals surface area (Å²) in [5.41, 5.74) is 5.73. The van der Waals surface area contributed by atoms with E-state index in [1.807, 2.05) is 68.4 Å². The molecule has 0 saturated heterocycles. The highest BCUT2D eigenvalue weighted by molar-refractivity contribution is 5.90. The average Bonchev–Trinajstić information content (AvgIpc) is 3.74. The van der Waals surface area contributed by atoms with Crippen LogP contribution in [0.3, 0.4) is 0 Å². The minimum Gasteiger partial charge on any atom is -0.465 e. The molecule has 0 unspecified atom stereocenters. The molecule has 42 heavy (non-hydrogen) atoms. The van der Waals surface area contributed by atoms with Crippen molar-refractivity contribution in [3.8, 4) is 33.8 Å². The molecule has 4 N–H and O–H groups in total. The molecule has 0 saturated carbocycles. The number of carbonyl (C=O) groups excluding carboxylic acids is 1. The van der Waals surface area contributed by atoms with Crippen LogP contribution in [0.4, 0.5) is 0 Å². The number of aryl methyl sites for hydroxylation is 2. The van der Waals surface area contributed by atoms with Crippen LogP contribution < -0.4 is 11.1 Å². The van der Waals surface area contributed by atoms with Crippen LogP contribution in [0, 0.1) is 13.8 Å². The molecule has 0 bridgehead atoms. The van der Waals surface area contributed by atoms with Crippen molar-refractivity contribution in [2.45, 2.75) is 19.8 Å². The van der Waals surface area contributed by atoms with Crippen molar-refractivity contribution in [1.29, 1.82) is 0 Å². The fraction of sp³-hybridized carbons (Fsp3) is 0.121. The number of hydrogen-bond donors (Lipinski definition) is 4. The zero-order chi connectivity index (χ0) is 29.4. The highest BCUT2D eigenvalue weighted by Crippen LogP contribution is 2.39. The van der Waals surface area contributed by atoms with Gasteiger partial charge in [-0.15, -0.1) is 0 Å². The van der Waals surface area contributed by atoms with Crippen LogP contribution in [0.5, 0.6) is 0 Å². The molecule has 3 heterocycles. The molecule has 0 radical (unpaired) electrons. The van der Waals surface area contributed by atoms with Gasteiger partial charge in [-0.25, -0.2) is 4.79 Å². The lowest BCUT2D eigenvalue weighted by molar-refractivity contribution is 0.0601. The summed E-state index contributed by atoms with van der Waals surface area (Å²) >= 11 is 0. The van der Waals surface area contributed by atoms with Gasteiger partial charge in [-0.2, -0.15) is 0 Å². The molecular formula is C33H28N4O5. The largest absolute Gasteiger partial charge is 0.465 e. The second-order valence-corrected chi connectivity index (χ2v) is 10.2. The zero-order valence-corrected chi connectivity index (χ0v) is 23.2. The summed E-state index contributed by atoms with van der Waals surface area (Å²) in [6.45, 7) is 3.97. The third-order valence-corrected chi connectivity index (χ3v) is 7.37. The Morgan fingerprint density at radius 1 is 0.690 bits per heavy atom. The average molecular weight is 561 g/mol. The van der Waals surface area contributed by atoms with Crippen LogP contribution >= 0.6 is 0 Å². The van der Waals surface area contributed by atoms with E-state index in [2.05, 4.69) is 20.4 Å². The number of H-pyrrole nitrogens is 4. The van der Waals surface area contributed by atoms with Crippen LogP contribution in [-0.4, -0.2) is 33.5 Å². The summed E-state index contributed by atoms with van der Waals surface area (Å²) in [5.74, 6) is -0.510. The standard InChI is InChI=1S/C33H28N4O5/c1-18-7-11-20(12-8-18)29-27(31(38)36-34-29)26(28-30(35-37-32(28)39)21-13-9-19(2)10-14-21)25-16-15-24(42-25)22-5-4-6-23(17-22)33(40)41-3/h4-17,26H,1-3H3,(H2,34,36,38)(H2,35,37,39). The van der Waals surface area contributed by atoms with Gasteiger partial charge in [0.05, 0.1) is 41.1 Å². The maximum Gasteiger partial charge on any atom is 0.337 e. The number of aromatic nitrogens is 4. The first-order valence-electron chi connectivity index (χ1n) is 13.4. The van der Waals surface area contributed by atoms with Crippen LogP contribution in [0.1, 0.15) is 44.3 Å². The Hall–Kier alpha value is -5.57. The zero-order valence-electron chi connectivity index (χ0n) is 23.2. The van der Waals surface area contributed by atoms with E-state index in [0.29, 0.717) is 45.2 Å². The predicted molar refractivity (Wildman–Crippen MR) is 160 cm³/mol. The van der Waals surface area contributed by atoms with Crippen LogP contribution in [-0.2, 0) is 4.74 Å². The molecular weight excluding hydrogens is 532 g/mol. The summed E-state index contributed by atoms with van der Waals surface area (Å²) in [6, 6.07) is 25.9. The lowest BCUT2D eigenvalue weighted by atomic mass is 9.86. The van der Waals surface area contributed by atoms with Gasteiger partial charge >= 0.3 is 5.97 Å². The van der Waals surface area contributed by atoms with Crippen molar-refractivity contribution in [1.82, 2.24) is 20.4 Å². The lowest BCUT2D eigenvalue weighted by Gasteiger charge is -2.15. The Morgan fingerprint density at radius 3 is 1.76 bits per heavy atom. The Balaban J connectivity index is 1.57. The van der Waals surface area contributed by atoms with Crippen molar-refractivity contribution < 1.29 is 13.9 Å². The number of carbonyl (C=O) groups is 1. The van der Waals surface area contributed by atoms with Gasteiger partial charge in [-0.3, -0.25) is 30.0 Å². The molecule has 0 aliphatic heterocycles. The maximum absolute atomic E-state index is 13.5. The van der Waals surface area contributed by atoms with Gasteiger partial charge in [0.2, 0.25) is 0 Å². The summed E-state index contributed by atoms with van der Waals surface area (Å²) < 4.78 is 11.3. The van der Waals surface area contributed by atoms with Gasteiger partial charge in [0.15, 0.2) is 0 Å². The second-order valence-electron chi connectivity index (χ2n) is 10.2. The number of rotatable bonds is 7. The molecule has 0 atom stereocenters. The molecule has 3 aromatic carbocycles. The van der Waals surface area contributed by atoms with E-state index >= 15 is 0 Å². The number of esters is 1. The number of aromatic amines is 4. The molecule has 9 heteroatoms. The first-order chi connectivity index (χ1) is 20.3. The van der Waals surface area contributed by atoms with Crippen LogP contribution in [0.25, 0.3) is 33.8 Å². The highest BCUT2D eigenvalue weighted by atomic mass is 16.5. The number of ether oxygens (including phenoxy) is 1. The highest BCUT2D eigenvalue weighted by Gasteiger charge is 2.33. The van der Waals surface area contributed by atoms with Gasteiger partial charge in [-0.1, -0.05) is 71.8 Å². The normalized spacial score (nSPS) is 11.2. The first-order valence-corrected chi connectivity index (χ1v) is 13.4. The molecule has 3 aromatic heterocycles. The van der Waals surface area contributed by atoms with Gasteiger partial charge in [0.25, 0.3) is 11.1 Å². The second kappa shape index (κ2) is 10.8. The third kappa shape index (κ3) is 4.81. The Morgan fingerprint density at radius 2 is 1.24 bits per heavy atom. The molecule has 0 spiro atoms. The summed E-state index contributed by atoms with van der Waals surface area (Å²) in [5, 5.41) is 11.5. The smallest absolute Gasteiger partial charge is 0.337 e.